The zero-order chi connectivity index (χ0) is 18.2. The van der Waals surface area contributed by atoms with Crippen LogP contribution in [0.15, 0.2) is 36.4 Å². The molecule has 0 fully saturated rings. The molecule has 0 saturated carbocycles. The fourth-order valence-corrected chi connectivity index (χ4v) is 4.20. The Morgan fingerprint density at radius 3 is 2.64 bits per heavy atom. The van der Waals surface area contributed by atoms with Gasteiger partial charge in [-0.15, -0.1) is 0 Å². The van der Waals surface area contributed by atoms with E-state index in [1.807, 2.05) is 6.07 Å². The van der Waals surface area contributed by atoms with Gasteiger partial charge in [-0.25, -0.2) is 8.42 Å². The largest absolute Gasteiger partial charge is 0.322 e. The molecule has 132 valence electrons. The third-order valence-corrected chi connectivity index (χ3v) is 5.74. The van der Waals surface area contributed by atoms with Crippen LogP contribution in [0.1, 0.15) is 22.3 Å². The molecule has 1 amide bonds. The van der Waals surface area contributed by atoms with E-state index >= 15 is 0 Å². The van der Waals surface area contributed by atoms with Crippen LogP contribution in [-0.2, 0) is 16.4 Å². The van der Waals surface area contributed by atoms with Crippen LogP contribution < -0.4 is 9.62 Å². The topological polar surface area (TPSA) is 66.5 Å². The van der Waals surface area contributed by atoms with E-state index < -0.39 is 15.9 Å². The summed E-state index contributed by atoms with van der Waals surface area (Å²) in [5.41, 5.74) is 2.29. The number of fused-ring (bicyclic) bond motifs is 1. The summed E-state index contributed by atoms with van der Waals surface area (Å²) < 4.78 is 25.4. The van der Waals surface area contributed by atoms with Gasteiger partial charge in [0.15, 0.2) is 0 Å². The van der Waals surface area contributed by atoms with Crippen LogP contribution in [0, 0.1) is 0 Å². The van der Waals surface area contributed by atoms with E-state index in [1.165, 1.54) is 16.6 Å². The molecular weight excluding hydrogens is 383 g/mol. The second-order valence-corrected chi connectivity index (χ2v) is 8.61. The molecule has 0 bridgehead atoms. The average molecular weight is 399 g/mol. The van der Waals surface area contributed by atoms with Crippen LogP contribution in [-0.4, -0.2) is 27.1 Å². The van der Waals surface area contributed by atoms with Crippen molar-refractivity contribution in [1.29, 1.82) is 0 Å². The second-order valence-electron chi connectivity index (χ2n) is 5.86. The van der Waals surface area contributed by atoms with Crippen LogP contribution in [0.5, 0.6) is 0 Å². The second kappa shape index (κ2) is 6.86. The van der Waals surface area contributed by atoms with Gasteiger partial charge in [0, 0.05) is 17.3 Å². The molecule has 5 nitrogen and oxygen atoms in total. The number of sulfonamides is 1. The van der Waals surface area contributed by atoms with Crippen molar-refractivity contribution in [2.24, 2.45) is 0 Å². The minimum Gasteiger partial charge on any atom is -0.322 e. The van der Waals surface area contributed by atoms with Gasteiger partial charge in [-0.1, -0.05) is 29.3 Å². The molecule has 0 aromatic heterocycles. The number of hydrogen-bond donors (Lipinski definition) is 1. The van der Waals surface area contributed by atoms with E-state index in [1.54, 1.807) is 24.3 Å². The zero-order valence-electron chi connectivity index (χ0n) is 13.4. The molecule has 3 rings (SSSR count). The highest BCUT2D eigenvalue weighted by atomic mass is 35.5. The molecule has 2 aromatic rings. The van der Waals surface area contributed by atoms with E-state index in [4.69, 9.17) is 23.2 Å². The summed E-state index contributed by atoms with van der Waals surface area (Å²) in [4.78, 5) is 12.4. The van der Waals surface area contributed by atoms with Crippen LogP contribution in [0.4, 0.5) is 11.4 Å². The number of anilines is 2. The molecule has 1 heterocycles. The number of carbonyl (C=O) groups excluding carboxylic acids is 1. The highest BCUT2D eigenvalue weighted by Gasteiger charge is 2.24. The quantitative estimate of drug-likeness (QED) is 0.850. The lowest BCUT2D eigenvalue weighted by Gasteiger charge is -2.29. The molecular formula is C17H16Cl2N2O3S. The molecule has 0 radical (unpaired) electrons. The molecule has 0 saturated heterocycles. The first-order chi connectivity index (χ1) is 11.8. The van der Waals surface area contributed by atoms with E-state index in [0.29, 0.717) is 22.9 Å². The smallest absolute Gasteiger partial charge is 0.257 e. The molecule has 0 unspecified atom stereocenters. The predicted octanol–water partition coefficient (Wildman–Crippen LogP) is 3.96. The van der Waals surface area contributed by atoms with Crippen molar-refractivity contribution in [3.8, 4) is 0 Å². The van der Waals surface area contributed by atoms with Crippen LogP contribution >= 0.6 is 23.2 Å². The van der Waals surface area contributed by atoms with Crippen molar-refractivity contribution in [2.75, 3.05) is 22.4 Å². The lowest BCUT2D eigenvalue weighted by atomic mass is 10.0. The third-order valence-electron chi connectivity index (χ3n) is 3.99. The van der Waals surface area contributed by atoms with Gasteiger partial charge < -0.3 is 5.32 Å². The lowest BCUT2D eigenvalue weighted by Crippen LogP contribution is -2.34. The minimum absolute atomic E-state index is 0.256. The van der Waals surface area contributed by atoms with Crippen molar-refractivity contribution in [2.45, 2.75) is 12.8 Å². The van der Waals surface area contributed by atoms with Gasteiger partial charge in [0.2, 0.25) is 10.0 Å². The highest BCUT2D eigenvalue weighted by molar-refractivity contribution is 7.92. The number of rotatable bonds is 3. The Labute approximate surface area is 156 Å². The summed E-state index contributed by atoms with van der Waals surface area (Å²) >= 11 is 12.0. The monoisotopic (exact) mass is 398 g/mol. The number of nitrogens with zero attached hydrogens (tertiary/aromatic N) is 1. The summed E-state index contributed by atoms with van der Waals surface area (Å²) in [7, 11) is -3.37. The first-order valence-electron chi connectivity index (χ1n) is 7.63. The zero-order valence-corrected chi connectivity index (χ0v) is 15.7. The number of benzene rings is 2. The van der Waals surface area contributed by atoms with E-state index in [-0.39, 0.29) is 10.6 Å². The molecule has 1 aliphatic heterocycles. The van der Waals surface area contributed by atoms with Crippen LogP contribution in [0.25, 0.3) is 0 Å². The van der Waals surface area contributed by atoms with E-state index in [9.17, 15) is 13.2 Å². The maximum absolute atomic E-state index is 12.4. The first kappa shape index (κ1) is 18.0. The number of aryl methyl sites for hydroxylation is 1. The summed E-state index contributed by atoms with van der Waals surface area (Å²) in [5.74, 6) is -0.408. The van der Waals surface area contributed by atoms with Gasteiger partial charge in [0.1, 0.15) is 0 Å². The maximum Gasteiger partial charge on any atom is 0.257 e. The predicted molar refractivity (Wildman–Crippen MR) is 101 cm³/mol. The summed E-state index contributed by atoms with van der Waals surface area (Å²) in [5, 5.41) is 3.44. The molecule has 0 atom stereocenters. The third kappa shape index (κ3) is 3.92. The van der Waals surface area contributed by atoms with Crippen molar-refractivity contribution in [3.05, 3.63) is 57.6 Å². The Bertz CT molecular complexity index is 945. The fourth-order valence-electron chi connectivity index (χ4n) is 2.83. The average Bonchev–Trinajstić information content (AvgIpc) is 2.55. The number of nitrogens with one attached hydrogen (secondary N) is 1. The Kier molecular flexibility index (Phi) is 4.95. The Morgan fingerprint density at radius 1 is 1.16 bits per heavy atom. The summed E-state index contributed by atoms with van der Waals surface area (Å²) in [6.07, 6.45) is 2.75. The van der Waals surface area contributed by atoms with Gasteiger partial charge in [-0.05, 0) is 48.7 Å². The van der Waals surface area contributed by atoms with Gasteiger partial charge in [-0.3, -0.25) is 9.10 Å². The number of hydrogen-bond acceptors (Lipinski definition) is 3. The molecule has 0 aliphatic carbocycles. The minimum atomic E-state index is -3.37. The number of halogens is 2. The first-order valence-corrected chi connectivity index (χ1v) is 10.2. The molecule has 1 aliphatic rings. The number of amides is 1. The highest BCUT2D eigenvalue weighted by Crippen LogP contribution is 2.32. The summed E-state index contributed by atoms with van der Waals surface area (Å²) in [6, 6.07) is 9.90. The maximum atomic E-state index is 12.4. The van der Waals surface area contributed by atoms with Gasteiger partial charge in [0.05, 0.1) is 22.5 Å². The van der Waals surface area contributed by atoms with Gasteiger partial charge >= 0.3 is 0 Å². The Balaban J connectivity index is 1.92. The normalized spacial score (nSPS) is 14.1. The molecule has 1 N–H and O–H groups in total. The molecule has 2 aromatic carbocycles. The van der Waals surface area contributed by atoms with Crippen molar-refractivity contribution in [3.63, 3.8) is 0 Å². The fraction of sp³-hybridized carbons (Fsp3) is 0.235. The van der Waals surface area contributed by atoms with Crippen LogP contribution in [0.3, 0.4) is 0 Å². The molecule has 8 heteroatoms. The number of carbonyl (C=O) groups is 1. The summed E-state index contributed by atoms with van der Waals surface area (Å²) in [6.45, 7) is 0.434. The Hall–Kier alpha value is -1.76. The Morgan fingerprint density at radius 2 is 1.92 bits per heavy atom. The van der Waals surface area contributed by atoms with Gasteiger partial charge in [-0.2, -0.15) is 0 Å². The van der Waals surface area contributed by atoms with Crippen molar-refractivity contribution < 1.29 is 13.2 Å². The van der Waals surface area contributed by atoms with Gasteiger partial charge in [0.25, 0.3) is 5.91 Å². The van der Waals surface area contributed by atoms with E-state index in [0.717, 1.165) is 18.4 Å². The van der Waals surface area contributed by atoms with E-state index in [2.05, 4.69) is 5.32 Å². The lowest BCUT2D eigenvalue weighted by molar-refractivity contribution is 0.102. The standard InChI is InChI=1S/C17H16Cl2N2O3S/c1-25(23,24)21-8-2-3-11-4-6-13(10-16(11)21)20-17(22)14-9-12(18)5-7-15(14)19/h4-7,9-10H,2-3,8H2,1H3,(H,20,22). The van der Waals surface area contributed by atoms with Crippen molar-refractivity contribution in [1.82, 2.24) is 0 Å². The van der Waals surface area contributed by atoms with Crippen LogP contribution in [0.2, 0.25) is 10.0 Å². The van der Waals surface area contributed by atoms with Crippen molar-refractivity contribution >= 4 is 50.5 Å². The SMILES string of the molecule is CS(=O)(=O)N1CCCc2ccc(NC(=O)c3cc(Cl)ccc3Cl)cc21. The molecule has 0 spiro atoms. The molecule has 25 heavy (non-hydrogen) atoms.